The lowest BCUT2D eigenvalue weighted by Gasteiger charge is -2.13. The summed E-state index contributed by atoms with van der Waals surface area (Å²) < 4.78 is 11.3. The molecular formula is C16H22O3. The normalized spacial score (nSPS) is 11.0. The molecule has 104 valence electrons. The first kappa shape index (κ1) is 15.3. The van der Waals surface area contributed by atoms with E-state index in [0.29, 0.717) is 24.9 Å². The highest BCUT2D eigenvalue weighted by Crippen LogP contribution is 2.29. The van der Waals surface area contributed by atoms with E-state index >= 15 is 0 Å². The largest absolute Gasteiger partial charge is 0.490 e. The Balaban J connectivity index is 2.90. The predicted octanol–water partition coefficient (Wildman–Crippen LogP) is 3.72. The molecule has 0 saturated carbocycles. The van der Waals surface area contributed by atoms with Crippen molar-refractivity contribution >= 4 is 11.9 Å². The second-order valence-electron chi connectivity index (χ2n) is 4.79. The molecule has 1 aromatic carbocycles. The Morgan fingerprint density at radius 3 is 2.58 bits per heavy atom. The lowest BCUT2D eigenvalue weighted by atomic mass is 10.1. The minimum Gasteiger partial charge on any atom is -0.490 e. The molecule has 1 rings (SSSR count). The Hall–Kier alpha value is -1.77. The van der Waals surface area contributed by atoms with Gasteiger partial charge in [0.2, 0.25) is 0 Å². The summed E-state index contributed by atoms with van der Waals surface area (Å²) in [6, 6.07) is 5.68. The molecule has 0 unspecified atom stereocenters. The van der Waals surface area contributed by atoms with Gasteiger partial charge in [0.25, 0.3) is 0 Å². The Kier molecular flexibility index (Phi) is 6.13. The van der Waals surface area contributed by atoms with Gasteiger partial charge in [-0.25, -0.2) is 0 Å². The van der Waals surface area contributed by atoms with Gasteiger partial charge in [-0.1, -0.05) is 26.0 Å². The second-order valence-corrected chi connectivity index (χ2v) is 4.79. The molecular weight excluding hydrogens is 240 g/mol. The molecule has 0 saturated heterocycles. The first-order chi connectivity index (χ1) is 9.02. The van der Waals surface area contributed by atoms with Gasteiger partial charge in [-0.2, -0.15) is 0 Å². The molecule has 0 aromatic heterocycles. The van der Waals surface area contributed by atoms with E-state index in [9.17, 15) is 4.79 Å². The molecule has 0 spiro atoms. The molecule has 1 aromatic rings. The van der Waals surface area contributed by atoms with Crippen molar-refractivity contribution in [3.05, 3.63) is 29.8 Å². The maximum Gasteiger partial charge on any atom is 0.161 e. The van der Waals surface area contributed by atoms with Crippen molar-refractivity contribution in [2.75, 3.05) is 13.2 Å². The zero-order chi connectivity index (χ0) is 14.3. The van der Waals surface area contributed by atoms with E-state index < -0.39 is 0 Å². The minimum atomic E-state index is 0.0260. The van der Waals surface area contributed by atoms with Crippen molar-refractivity contribution in [3.63, 3.8) is 0 Å². The number of allylic oxidation sites excluding steroid dienone is 1. The summed E-state index contributed by atoms with van der Waals surface area (Å²) in [5, 5.41) is 0. The number of rotatable bonds is 7. The number of hydrogen-bond donors (Lipinski definition) is 0. The van der Waals surface area contributed by atoms with Gasteiger partial charge in [-0.05, 0) is 43.5 Å². The van der Waals surface area contributed by atoms with Crippen molar-refractivity contribution in [2.45, 2.75) is 27.7 Å². The summed E-state index contributed by atoms with van der Waals surface area (Å²) in [5.74, 6) is 1.95. The van der Waals surface area contributed by atoms with Crippen molar-refractivity contribution < 1.29 is 14.3 Å². The standard InChI is InChI=1S/C16H22O3/c1-5-18-16-10-14(7-6-13(4)17)8-9-15(16)19-11-12(2)3/h6-10,12H,5,11H2,1-4H3/b7-6+. The zero-order valence-corrected chi connectivity index (χ0v) is 12.1. The molecule has 19 heavy (non-hydrogen) atoms. The molecule has 0 bridgehead atoms. The highest BCUT2D eigenvalue weighted by atomic mass is 16.5. The van der Waals surface area contributed by atoms with E-state index in [1.165, 1.54) is 6.92 Å². The highest BCUT2D eigenvalue weighted by molar-refractivity contribution is 5.91. The van der Waals surface area contributed by atoms with Crippen LogP contribution in [0.25, 0.3) is 6.08 Å². The van der Waals surface area contributed by atoms with Crippen LogP contribution in [0.1, 0.15) is 33.3 Å². The van der Waals surface area contributed by atoms with E-state index in [2.05, 4.69) is 13.8 Å². The van der Waals surface area contributed by atoms with Crippen molar-refractivity contribution in [1.29, 1.82) is 0 Å². The highest BCUT2D eigenvalue weighted by Gasteiger charge is 2.06. The van der Waals surface area contributed by atoms with Gasteiger partial charge in [0.1, 0.15) is 0 Å². The van der Waals surface area contributed by atoms with E-state index in [0.717, 1.165) is 11.3 Å². The quantitative estimate of drug-likeness (QED) is 0.702. The monoisotopic (exact) mass is 262 g/mol. The minimum absolute atomic E-state index is 0.0260. The third-order valence-corrected chi connectivity index (χ3v) is 2.35. The van der Waals surface area contributed by atoms with Crippen LogP contribution in [-0.4, -0.2) is 19.0 Å². The zero-order valence-electron chi connectivity index (χ0n) is 12.1. The van der Waals surface area contributed by atoms with Crippen LogP contribution >= 0.6 is 0 Å². The van der Waals surface area contributed by atoms with Crippen molar-refractivity contribution in [3.8, 4) is 11.5 Å². The molecule has 3 heteroatoms. The Labute approximate surface area is 115 Å². The van der Waals surface area contributed by atoms with Crippen LogP contribution < -0.4 is 9.47 Å². The molecule has 0 amide bonds. The van der Waals surface area contributed by atoms with Crippen LogP contribution in [0.15, 0.2) is 24.3 Å². The van der Waals surface area contributed by atoms with Crippen LogP contribution in [0.2, 0.25) is 0 Å². The van der Waals surface area contributed by atoms with Gasteiger partial charge in [-0.15, -0.1) is 0 Å². The number of carbonyl (C=O) groups excluding carboxylic acids is 1. The Morgan fingerprint density at radius 2 is 2.00 bits per heavy atom. The molecule has 0 atom stereocenters. The van der Waals surface area contributed by atoms with Crippen LogP contribution in [0, 0.1) is 5.92 Å². The number of benzene rings is 1. The average molecular weight is 262 g/mol. The van der Waals surface area contributed by atoms with Crippen molar-refractivity contribution in [1.82, 2.24) is 0 Å². The van der Waals surface area contributed by atoms with E-state index in [1.54, 1.807) is 12.2 Å². The molecule has 0 heterocycles. The SMILES string of the molecule is CCOc1cc(/C=C/C(C)=O)ccc1OCC(C)C. The van der Waals surface area contributed by atoms with Gasteiger partial charge in [-0.3, -0.25) is 4.79 Å². The number of ketones is 1. The predicted molar refractivity (Wildman–Crippen MR) is 77.7 cm³/mol. The summed E-state index contributed by atoms with van der Waals surface area (Å²) in [6.07, 6.45) is 3.32. The van der Waals surface area contributed by atoms with Gasteiger partial charge in [0.05, 0.1) is 13.2 Å². The van der Waals surface area contributed by atoms with Crippen LogP contribution in [0.3, 0.4) is 0 Å². The molecule has 0 aliphatic carbocycles. The summed E-state index contributed by atoms with van der Waals surface area (Å²) in [6.45, 7) is 8.90. The fourth-order valence-electron chi connectivity index (χ4n) is 1.49. The van der Waals surface area contributed by atoms with Crippen molar-refractivity contribution in [2.24, 2.45) is 5.92 Å². The Morgan fingerprint density at radius 1 is 1.26 bits per heavy atom. The first-order valence-corrected chi connectivity index (χ1v) is 6.61. The van der Waals surface area contributed by atoms with Crippen LogP contribution in [0.5, 0.6) is 11.5 Å². The molecule has 0 radical (unpaired) electrons. The van der Waals surface area contributed by atoms with Gasteiger partial charge in [0.15, 0.2) is 17.3 Å². The van der Waals surface area contributed by atoms with Gasteiger partial charge >= 0.3 is 0 Å². The topological polar surface area (TPSA) is 35.5 Å². The molecule has 0 fully saturated rings. The van der Waals surface area contributed by atoms with E-state index in [1.807, 2.05) is 25.1 Å². The van der Waals surface area contributed by atoms with E-state index in [4.69, 9.17) is 9.47 Å². The first-order valence-electron chi connectivity index (χ1n) is 6.61. The van der Waals surface area contributed by atoms with Crippen LogP contribution in [0.4, 0.5) is 0 Å². The molecule has 0 N–H and O–H groups in total. The summed E-state index contributed by atoms with van der Waals surface area (Å²) in [7, 11) is 0. The fourth-order valence-corrected chi connectivity index (χ4v) is 1.49. The molecule has 0 aliphatic rings. The summed E-state index contributed by atoms with van der Waals surface area (Å²) in [4.78, 5) is 10.9. The maximum atomic E-state index is 10.9. The molecule has 0 aliphatic heterocycles. The summed E-state index contributed by atoms with van der Waals surface area (Å²) >= 11 is 0. The lowest BCUT2D eigenvalue weighted by molar-refractivity contribution is -0.112. The number of ether oxygens (including phenoxy) is 2. The number of carbonyl (C=O) groups is 1. The van der Waals surface area contributed by atoms with Gasteiger partial charge < -0.3 is 9.47 Å². The van der Waals surface area contributed by atoms with E-state index in [-0.39, 0.29) is 5.78 Å². The average Bonchev–Trinajstić information content (AvgIpc) is 2.35. The fraction of sp³-hybridized carbons (Fsp3) is 0.438. The lowest BCUT2D eigenvalue weighted by Crippen LogP contribution is -2.06. The maximum absolute atomic E-state index is 10.9. The third-order valence-electron chi connectivity index (χ3n) is 2.35. The smallest absolute Gasteiger partial charge is 0.161 e. The third kappa shape index (κ3) is 5.60. The van der Waals surface area contributed by atoms with Gasteiger partial charge in [0, 0.05) is 0 Å². The number of hydrogen-bond acceptors (Lipinski definition) is 3. The summed E-state index contributed by atoms with van der Waals surface area (Å²) in [5.41, 5.74) is 0.926. The van der Waals surface area contributed by atoms with Crippen LogP contribution in [-0.2, 0) is 4.79 Å². The second kappa shape index (κ2) is 7.62. The Bertz CT molecular complexity index is 447. The molecule has 3 nitrogen and oxygen atoms in total.